The lowest BCUT2D eigenvalue weighted by atomic mass is 9.86. The van der Waals surface area contributed by atoms with Crippen LogP contribution in [-0.2, 0) is 14.8 Å². The van der Waals surface area contributed by atoms with Gasteiger partial charge in [-0.05, 0) is 49.9 Å². The van der Waals surface area contributed by atoms with Gasteiger partial charge in [0.2, 0.25) is 15.9 Å². The molecule has 152 valence electrons. The van der Waals surface area contributed by atoms with Crippen molar-refractivity contribution in [3.63, 3.8) is 0 Å². The van der Waals surface area contributed by atoms with Crippen molar-refractivity contribution in [2.75, 3.05) is 0 Å². The highest BCUT2D eigenvalue weighted by Crippen LogP contribution is 2.25. The van der Waals surface area contributed by atoms with Crippen LogP contribution in [0.2, 0.25) is 0 Å². The molecule has 2 N–H and O–H groups in total. The molecule has 1 aliphatic carbocycles. The molecule has 1 aromatic heterocycles. The van der Waals surface area contributed by atoms with Crippen molar-refractivity contribution in [1.29, 1.82) is 0 Å². The summed E-state index contributed by atoms with van der Waals surface area (Å²) in [6, 6.07) is 9.35. The summed E-state index contributed by atoms with van der Waals surface area (Å²) in [6.07, 6.45) is 5.83. The van der Waals surface area contributed by atoms with E-state index < -0.39 is 16.1 Å². The lowest BCUT2D eigenvalue weighted by Gasteiger charge is -2.30. The van der Waals surface area contributed by atoms with Gasteiger partial charge in [0.05, 0.1) is 23.6 Å². The highest BCUT2D eigenvalue weighted by Gasteiger charge is 2.28. The first kappa shape index (κ1) is 20.6. The normalized spacial score (nSPS) is 21.2. The molecule has 6 nitrogen and oxygen atoms in total. The van der Waals surface area contributed by atoms with Crippen LogP contribution in [0.5, 0.6) is 0 Å². The van der Waals surface area contributed by atoms with Crippen molar-refractivity contribution < 1.29 is 17.6 Å². The standard InChI is InChI=1S/C21H28N2O4S/c1-15-9-11-17(12-10-15)28(25,26)23-19(20-8-5-13-27-20)14-21(24)22-18-7-4-3-6-16(18)2/h5,8-13,16,18-19,23H,3-4,6-7,14H2,1-2H3,(H,22,24). The topological polar surface area (TPSA) is 88.4 Å². The van der Waals surface area contributed by atoms with Gasteiger partial charge >= 0.3 is 0 Å². The summed E-state index contributed by atoms with van der Waals surface area (Å²) >= 11 is 0. The third-order valence-corrected chi connectivity index (χ3v) is 6.85. The fourth-order valence-electron chi connectivity index (χ4n) is 3.64. The maximum atomic E-state index is 12.8. The monoisotopic (exact) mass is 404 g/mol. The minimum Gasteiger partial charge on any atom is -0.468 e. The molecule has 1 amide bonds. The molecule has 1 aromatic carbocycles. The molecule has 0 saturated heterocycles. The average Bonchev–Trinajstić information content (AvgIpc) is 3.18. The first-order chi connectivity index (χ1) is 13.3. The molecular formula is C21H28N2O4S. The molecular weight excluding hydrogens is 376 g/mol. The van der Waals surface area contributed by atoms with Gasteiger partial charge in [0, 0.05) is 6.04 Å². The Bertz CT molecular complexity index is 876. The first-order valence-electron chi connectivity index (χ1n) is 9.77. The molecule has 7 heteroatoms. The minimum absolute atomic E-state index is 0.0121. The summed E-state index contributed by atoms with van der Waals surface area (Å²) < 4.78 is 33.6. The Labute approximate surface area is 166 Å². The molecule has 1 aliphatic rings. The summed E-state index contributed by atoms with van der Waals surface area (Å²) in [5, 5.41) is 3.08. The Kier molecular flexibility index (Phi) is 6.57. The number of hydrogen-bond donors (Lipinski definition) is 2. The van der Waals surface area contributed by atoms with Crippen LogP contribution in [0, 0.1) is 12.8 Å². The number of amides is 1. The SMILES string of the molecule is Cc1ccc(S(=O)(=O)NC(CC(=O)NC2CCCCC2C)c2ccco2)cc1. The van der Waals surface area contributed by atoms with E-state index in [2.05, 4.69) is 17.0 Å². The number of aryl methyl sites for hydroxylation is 1. The fraction of sp³-hybridized carbons (Fsp3) is 0.476. The van der Waals surface area contributed by atoms with Crippen molar-refractivity contribution in [3.8, 4) is 0 Å². The number of nitrogens with one attached hydrogen (secondary N) is 2. The molecule has 1 saturated carbocycles. The van der Waals surface area contributed by atoms with Gasteiger partial charge < -0.3 is 9.73 Å². The molecule has 28 heavy (non-hydrogen) atoms. The highest BCUT2D eigenvalue weighted by molar-refractivity contribution is 7.89. The maximum absolute atomic E-state index is 12.8. The number of benzene rings is 1. The zero-order valence-corrected chi connectivity index (χ0v) is 17.2. The van der Waals surface area contributed by atoms with E-state index in [4.69, 9.17) is 4.42 Å². The van der Waals surface area contributed by atoms with Crippen LogP contribution in [0.25, 0.3) is 0 Å². The van der Waals surface area contributed by atoms with Crippen LogP contribution in [0.3, 0.4) is 0 Å². The van der Waals surface area contributed by atoms with E-state index in [0.29, 0.717) is 11.7 Å². The van der Waals surface area contributed by atoms with Gasteiger partial charge in [-0.2, -0.15) is 4.72 Å². The highest BCUT2D eigenvalue weighted by atomic mass is 32.2. The summed E-state index contributed by atoms with van der Waals surface area (Å²) in [6.45, 7) is 4.04. The van der Waals surface area contributed by atoms with Gasteiger partial charge in [0.1, 0.15) is 5.76 Å². The Morgan fingerprint density at radius 2 is 1.89 bits per heavy atom. The van der Waals surface area contributed by atoms with Crippen LogP contribution in [0.1, 0.15) is 56.4 Å². The zero-order chi connectivity index (χ0) is 20.1. The minimum atomic E-state index is -3.78. The van der Waals surface area contributed by atoms with Crippen molar-refractivity contribution in [2.24, 2.45) is 5.92 Å². The second kappa shape index (κ2) is 8.92. The van der Waals surface area contributed by atoms with Gasteiger partial charge in [-0.1, -0.05) is 37.5 Å². The van der Waals surface area contributed by atoms with Crippen LogP contribution in [0.15, 0.2) is 52.0 Å². The summed E-state index contributed by atoms with van der Waals surface area (Å²) in [7, 11) is -3.78. The molecule has 3 rings (SSSR count). The molecule has 1 heterocycles. The van der Waals surface area contributed by atoms with Gasteiger partial charge in [-0.3, -0.25) is 4.79 Å². The van der Waals surface area contributed by atoms with Gasteiger partial charge in [0.25, 0.3) is 0 Å². The number of hydrogen-bond acceptors (Lipinski definition) is 4. The molecule has 0 radical (unpaired) electrons. The van der Waals surface area contributed by atoms with E-state index >= 15 is 0 Å². The number of sulfonamides is 1. The molecule has 2 aromatic rings. The van der Waals surface area contributed by atoms with E-state index in [1.54, 1.807) is 36.4 Å². The molecule has 1 fully saturated rings. The second-order valence-electron chi connectivity index (χ2n) is 7.64. The van der Waals surface area contributed by atoms with Gasteiger partial charge in [-0.25, -0.2) is 8.42 Å². The largest absolute Gasteiger partial charge is 0.468 e. The molecule has 0 spiro atoms. The van der Waals surface area contributed by atoms with Crippen molar-refractivity contribution in [3.05, 3.63) is 54.0 Å². The van der Waals surface area contributed by atoms with Crippen LogP contribution in [-0.4, -0.2) is 20.4 Å². The van der Waals surface area contributed by atoms with Gasteiger partial charge in [-0.15, -0.1) is 0 Å². The van der Waals surface area contributed by atoms with Crippen molar-refractivity contribution in [2.45, 2.75) is 62.9 Å². The molecule has 3 unspecified atom stereocenters. The van der Waals surface area contributed by atoms with Gasteiger partial charge in [0.15, 0.2) is 0 Å². The third kappa shape index (κ3) is 5.23. The predicted octanol–water partition coefficient (Wildman–Crippen LogP) is 3.69. The number of carbonyl (C=O) groups is 1. The van der Waals surface area contributed by atoms with E-state index in [1.165, 1.54) is 12.7 Å². The van der Waals surface area contributed by atoms with Crippen molar-refractivity contribution >= 4 is 15.9 Å². The lowest BCUT2D eigenvalue weighted by Crippen LogP contribution is -2.42. The summed E-state index contributed by atoms with van der Waals surface area (Å²) in [4.78, 5) is 12.8. The lowest BCUT2D eigenvalue weighted by molar-refractivity contribution is -0.122. The van der Waals surface area contributed by atoms with E-state index in [-0.39, 0.29) is 23.3 Å². The third-order valence-electron chi connectivity index (χ3n) is 5.36. The van der Waals surface area contributed by atoms with Crippen molar-refractivity contribution in [1.82, 2.24) is 10.0 Å². The Hall–Kier alpha value is -2.12. The Morgan fingerprint density at radius 3 is 2.54 bits per heavy atom. The Balaban J connectivity index is 1.72. The number of furan rings is 1. The molecule has 0 aliphatic heterocycles. The zero-order valence-electron chi connectivity index (χ0n) is 16.4. The quantitative estimate of drug-likeness (QED) is 0.737. The molecule has 3 atom stereocenters. The van der Waals surface area contributed by atoms with E-state index in [1.807, 2.05) is 6.92 Å². The molecule has 0 bridgehead atoms. The smallest absolute Gasteiger partial charge is 0.241 e. The first-order valence-corrected chi connectivity index (χ1v) is 11.3. The predicted molar refractivity (Wildman–Crippen MR) is 107 cm³/mol. The fourth-order valence-corrected chi connectivity index (χ4v) is 4.85. The summed E-state index contributed by atoms with van der Waals surface area (Å²) in [5.74, 6) is 0.679. The second-order valence-corrected chi connectivity index (χ2v) is 9.36. The number of carbonyl (C=O) groups excluding carboxylic acids is 1. The van der Waals surface area contributed by atoms with Crippen LogP contribution in [0.4, 0.5) is 0 Å². The van der Waals surface area contributed by atoms with Crippen LogP contribution < -0.4 is 10.0 Å². The summed E-state index contributed by atoms with van der Waals surface area (Å²) in [5.41, 5.74) is 0.975. The average molecular weight is 405 g/mol. The number of rotatable bonds is 7. The van der Waals surface area contributed by atoms with E-state index in [9.17, 15) is 13.2 Å². The maximum Gasteiger partial charge on any atom is 0.241 e. The Morgan fingerprint density at radius 1 is 1.18 bits per heavy atom. The van der Waals surface area contributed by atoms with E-state index in [0.717, 1.165) is 24.8 Å². The van der Waals surface area contributed by atoms with Crippen LogP contribution >= 0.6 is 0 Å².